The first-order valence-electron chi connectivity index (χ1n) is 6.04. The highest BCUT2D eigenvalue weighted by atomic mass is 32.2. The molecule has 2 rings (SSSR count). The van der Waals surface area contributed by atoms with Crippen molar-refractivity contribution in [1.29, 1.82) is 0 Å². The van der Waals surface area contributed by atoms with Crippen molar-refractivity contribution in [2.24, 2.45) is 0 Å². The number of amides is 2. The summed E-state index contributed by atoms with van der Waals surface area (Å²) in [5, 5.41) is 3.59. The van der Waals surface area contributed by atoms with Gasteiger partial charge >= 0.3 is 0 Å². The molecule has 1 fully saturated rings. The average molecular weight is 276 g/mol. The quantitative estimate of drug-likeness (QED) is 0.858. The molecule has 1 saturated heterocycles. The minimum atomic E-state index is -0.180. The molecule has 0 spiro atoms. The maximum absolute atomic E-state index is 11.9. The Kier molecular flexibility index (Phi) is 4.27. The number of carbonyl (C=O) groups is 2. The number of rotatable bonds is 3. The van der Waals surface area contributed by atoms with E-state index >= 15 is 0 Å². The molecule has 1 aliphatic rings. The first-order chi connectivity index (χ1) is 9.08. The molecule has 0 saturated carbocycles. The van der Waals surface area contributed by atoms with Crippen molar-refractivity contribution >= 4 is 23.6 Å². The van der Waals surface area contributed by atoms with Crippen molar-refractivity contribution in [2.75, 3.05) is 12.8 Å². The normalized spacial score (nSPS) is 18.7. The van der Waals surface area contributed by atoms with Crippen molar-refractivity contribution < 1.29 is 9.59 Å². The minimum Gasteiger partial charge on any atom is -0.346 e. The van der Waals surface area contributed by atoms with Gasteiger partial charge in [-0.05, 0) is 12.5 Å². The van der Waals surface area contributed by atoms with Crippen molar-refractivity contribution in [3.63, 3.8) is 0 Å². The van der Waals surface area contributed by atoms with Crippen LogP contribution in [0.3, 0.4) is 0 Å². The van der Waals surface area contributed by atoms with Gasteiger partial charge in [-0.3, -0.25) is 9.59 Å². The van der Waals surface area contributed by atoms with Crippen molar-refractivity contribution in [2.45, 2.75) is 13.0 Å². The molecule has 1 aromatic rings. The van der Waals surface area contributed by atoms with E-state index in [1.807, 2.05) is 37.3 Å². The molecular formula is C14H16N2O2S. The molecule has 1 atom stereocenters. The zero-order valence-electron chi connectivity index (χ0n) is 10.9. The largest absolute Gasteiger partial charge is 0.346 e. The van der Waals surface area contributed by atoms with Gasteiger partial charge in [-0.15, -0.1) is 0 Å². The Morgan fingerprint density at radius 2 is 2.11 bits per heavy atom. The topological polar surface area (TPSA) is 49.4 Å². The lowest BCUT2D eigenvalue weighted by molar-refractivity contribution is -0.124. The number of carbonyl (C=O) groups excluding carboxylic acids is 2. The van der Waals surface area contributed by atoms with E-state index in [1.54, 1.807) is 7.05 Å². The molecule has 1 heterocycles. The van der Waals surface area contributed by atoms with Gasteiger partial charge in [-0.25, -0.2) is 0 Å². The Balaban J connectivity index is 1.99. The fraction of sp³-hybridized carbons (Fsp3) is 0.286. The molecule has 0 aliphatic carbocycles. The van der Waals surface area contributed by atoms with Crippen LogP contribution in [0, 0.1) is 0 Å². The molecule has 0 aromatic heterocycles. The van der Waals surface area contributed by atoms with Crippen molar-refractivity contribution in [1.82, 2.24) is 10.2 Å². The van der Waals surface area contributed by atoms with Crippen LogP contribution in [0.2, 0.25) is 0 Å². The smallest absolute Gasteiger partial charge is 0.247 e. The molecule has 4 nitrogen and oxygen atoms in total. The number of nitrogens with one attached hydrogen (secondary N) is 1. The van der Waals surface area contributed by atoms with Gasteiger partial charge in [-0.1, -0.05) is 42.1 Å². The van der Waals surface area contributed by atoms with Crippen LogP contribution < -0.4 is 5.32 Å². The number of thioether (sulfide) groups is 1. The van der Waals surface area contributed by atoms with Gasteiger partial charge in [0.15, 0.2) is 0 Å². The van der Waals surface area contributed by atoms with E-state index in [2.05, 4.69) is 5.32 Å². The molecular weight excluding hydrogens is 260 g/mol. The zero-order valence-corrected chi connectivity index (χ0v) is 11.7. The van der Waals surface area contributed by atoms with Gasteiger partial charge in [0.05, 0.1) is 16.8 Å². The van der Waals surface area contributed by atoms with Gasteiger partial charge in [0, 0.05) is 13.1 Å². The minimum absolute atomic E-state index is 0.0279. The Labute approximate surface area is 116 Å². The Bertz CT molecular complexity index is 513. The lowest BCUT2D eigenvalue weighted by Gasteiger charge is -2.14. The van der Waals surface area contributed by atoms with Crippen molar-refractivity contribution in [3.05, 3.63) is 47.0 Å². The zero-order chi connectivity index (χ0) is 13.8. The molecule has 100 valence electrons. The Hall–Kier alpha value is -1.75. The molecule has 0 radical (unpaired) electrons. The second-order valence-corrected chi connectivity index (χ2v) is 5.36. The van der Waals surface area contributed by atoms with Crippen LogP contribution in [0.5, 0.6) is 0 Å². The Morgan fingerprint density at radius 1 is 1.42 bits per heavy atom. The van der Waals surface area contributed by atoms with E-state index in [-0.39, 0.29) is 17.9 Å². The van der Waals surface area contributed by atoms with Crippen LogP contribution in [0.15, 0.2) is 41.4 Å². The van der Waals surface area contributed by atoms with Gasteiger partial charge < -0.3 is 10.2 Å². The summed E-state index contributed by atoms with van der Waals surface area (Å²) in [6, 6.07) is 9.70. The molecule has 19 heavy (non-hydrogen) atoms. The lowest BCUT2D eigenvalue weighted by Crippen LogP contribution is -2.26. The molecule has 1 aliphatic heterocycles. The molecule has 1 aromatic carbocycles. The third kappa shape index (κ3) is 3.38. The highest BCUT2D eigenvalue weighted by molar-refractivity contribution is 8.04. The predicted octanol–water partition coefficient (Wildman–Crippen LogP) is 1.91. The molecule has 1 N–H and O–H groups in total. The van der Waals surface area contributed by atoms with Crippen LogP contribution in [-0.4, -0.2) is 29.5 Å². The van der Waals surface area contributed by atoms with Gasteiger partial charge in [-0.2, -0.15) is 0 Å². The van der Waals surface area contributed by atoms with Gasteiger partial charge in [0.1, 0.15) is 0 Å². The molecule has 2 amide bonds. The fourth-order valence-electron chi connectivity index (χ4n) is 1.78. The lowest BCUT2D eigenvalue weighted by atomic mass is 10.1. The van der Waals surface area contributed by atoms with Crippen LogP contribution >= 0.6 is 11.8 Å². The van der Waals surface area contributed by atoms with Gasteiger partial charge in [0.25, 0.3) is 0 Å². The summed E-state index contributed by atoms with van der Waals surface area (Å²) in [4.78, 5) is 24.7. The summed E-state index contributed by atoms with van der Waals surface area (Å²) >= 11 is 1.39. The van der Waals surface area contributed by atoms with Crippen LogP contribution in [-0.2, 0) is 9.59 Å². The van der Waals surface area contributed by atoms with E-state index in [9.17, 15) is 9.59 Å². The summed E-state index contributed by atoms with van der Waals surface area (Å²) in [6.07, 6.45) is 1.48. The summed E-state index contributed by atoms with van der Waals surface area (Å²) in [7, 11) is 1.68. The monoisotopic (exact) mass is 276 g/mol. The standard InChI is InChI=1S/C14H16N2O2S/c1-10(11-6-4-3-5-7-11)15-12(17)8-14-16(2)13(18)9-19-14/h3-8,10H,9H2,1-2H3,(H,15,17)/b14-8-. The first kappa shape index (κ1) is 13.7. The van der Waals surface area contributed by atoms with Crippen molar-refractivity contribution in [3.8, 4) is 0 Å². The Morgan fingerprint density at radius 3 is 2.68 bits per heavy atom. The van der Waals surface area contributed by atoms with E-state index in [0.717, 1.165) is 5.56 Å². The summed E-state index contributed by atoms with van der Waals surface area (Å²) in [5.41, 5.74) is 1.05. The van der Waals surface area contributed by atoms with Gasteiger partial charge in [0.2, 0.25) is 11.8 Å². The molecule has 5 heteroatoms. The van der Waals surface area contributed by atoms with E-state index < -0.39 is 0 Å². The summed E-state index contributed by atoms with van der Waals surface area (Å²) in [5.74, 6) is 0.254. The second-order valence-electron chi connectivity index (χ2n) is 4.36. The maximum atomic E-state index is 11.9. The molecule has 1 unspecified atom stereocenters. The number of hydrogen-bond acceptors (Lipinski definition) is 3. The maximum Gasteiger partial charge on any atom is 0.247 e. The van der Waals surface area contributed by atoms with Crippen LogP contribution in [0.4, 0.5) is 0 Å². The summed E-state index contributed by atoms with van der Waals surface area (Å²) in [6.45, 7) is 1.93. The third-order valence-electron chi connectivity index (χ3n) is 2.96. The highest BCUT2D eigenvalue weighted by Gasteiger charge is 2.23. The number of benzene rings is 1. The third-order valence-corrected chi connectivity index (χ3v) is 4.04. The molecule has 0 bridgehead atoms. The average Bonchev–Trinajstić information content (AvgIpc) is 2.71. The van der Waals surface area contributed by atoms with E-state index in [0.29, 0.717) is 10.8 Å². The van der Waals surface area contributed by atoms with Crippen LogP contribution in [0.1, 0.15) is 18.5 Å². The predicted molar refractivity (Wildman–Crippen MR) is 76.3 cm³/mol. The number of nitrogens with zero attached hydrogens (tertiary/aromatic N) is 1. The van der Waals surface area contributed by atoms with E-state index in [4.69, 9.17) is 0 Å². The van der Waals surface area contributed by atoms with Crippen LogP contribution in [0.25, 0.3) is 0 Å². The summed E-state index contributed by atoms with van der Waals surface area (Å²) < 4.78 is 0. The number of hydrogen-bond donors (Lipinski definition) is 1. The second kappa shape index (κ2) is 5.93. The van der Waals surface area contributed by atoms with E-state index in [1.165, 1.54) is 22.7 Å². The highest BCUT2D eigenvalue weighted by Crippen LogP contribution is 2.26. The fourth-order valence-corrected chi connectivity index (χ4v) is 2.73. The SMILES string of the molecule is CC(NC(=O)/C=C1\SCC(=O)N1C)c1ccccc1. The first-order valence-corrected chi connectivity index (χ1v) is 7.03.